The second-order valence-electron chi connectivity index (χ2n) is 6.26. The Morgan fingerprint density at radius 1 is 1.33 bits per heavy atom. The molecule has 1 fully saturated rings. The number of nitrogens with one attached hydrogen (secondary N) is 1. The first kappa shape index (κ1) is 15.1. The molecule has 1 aliphatic carbocycles. The minimum absolute atomic E-state index is 0.150. The standard InChI is InChI=1S/C16H18N4O4/c1-9-5-12(19-24-9)16(22)17-13-7-23-8-14(13)20-15(21)6-10-3-2-4-11(10)18-20/h5-6,13-14H,2-4,7-8H2,1H3,(H,17,22). The third-order valence-corrected chi connectivity index (χ3v) is 4.52. The van der Waals surface area contributed by atoms with E-state index in [1.807, 2.05) is 0 Å². The second kappa shape index (κ2) is 5.86. The van der Waals surface area contributed by atoms with E-state index in [-0.39, 0.29) is 29.2 Å². The maximum absolute atomic E-state index is 12.4. The molecule has 0 radical (unpaired) electrons. The molecule has 8 heteroatoms. The van der Waals surface area contributed by atoms with Crippen LogP contribution in [0.25, 0.3) is 0 Å². The van der Waals surface area contributed by atoms with Crippen molar-refractivity contribution < 1.29 is 14.1 Å². The van der Waals surface area contributed by atoms with E-state index in [1.54, 1.807) is 19.1 Å². The van der Waals surface area contributed by atoms with E-state index < -0.39 is 0 Å². The third kappa shape index (κ3) is 2.62. The second-order valence-corrected chi connectivity index (χ2v) is 6.26. The highest BCUT2D eigenvalue weighted by Crippen LogP contribution is 2.21. The minimum Gasteiger partial charge on any atom is -0.377 e. The smallest absolute Gasteiger partial charge is 0.273 e. The molecule has 2 atom stereocenters. The summed E-state index contributed by atoms with van der Waals surface area (Å²) in [4.78, 5) is 24.6. The molecule has 1 N–H and O–H groups in total. The van der Waals surface area contributed by atoms with Crippen LogP contribution in [0.15, 0.2) is 21.5 Å². The van der Waals surface area contributed by atoms with E-state index in [4.69, 9.17) is 9.26 Å². The lowest BCUT2D eigenvalue weighted by atomic mass is 10.1. The number of amides is 1. The molecule has 8 nitrogen and oxygen atoms in total. The predicted molar refractivity (Wildman–Crippen MR) is 82.9 cm³/mol. The van der Waals surface area contributed by atoms with Crippen molar-refractivity contribution in [1.82, 2.24) is 20.3 Å². The van der Waals surface area contributed by atoms with Gasteiger partial charge >= 0.3 is 0 Å². The van der Waals surface area contributed by atoms with Crippen LogP contribution in [-0.4, -0.2) is 40.1 Å². The predicted octanol–water partition coefficient (Wildman–Crippen LogP) is 0.398. The van der Waals surface area contributed by atoms with Crippen molar-refractivity contribution in [2.75, 3.05) is 13.2 Å². The number of hydrogen-bond donors (Lipinski definition) is 1. The van der Waals surface area contributed by atoms with Gasteiger partial charge in [0.25, 0.3) is 11.5 Å². The van der Waals surface area contributed by atoms with E-state index in [0.29, 0.717) is 19.0 Å². The van der Waals surface area contributed by atoms with Crippen LogP contribution in [0.5, 0.6) is 0 Å². The summed E-state index contributed by atoms with van der Waals surface area (Å²) in [5.74, 6) is 0.220. The molecule has 126 valence electrons. The minimum atomic E-state index is -0.346. The fraction of sp³-hybridized carbons (Fsp3) is 0.500. The lowest BCUT2D eigenvalue weighted by Gasteiger charge is -2.20. The van der Waals surface area contributed by atoms with Crippen molar-refractivity contribution in [2.45, 2.75) is 38.3 Å². The van der Waals surface area contributed by atoms with Gasteiger partial charge in [0.2, 0.25) is 0 Å². The number of hydrogen-bond acceptors (Lipinski definition) is 6. The Kier molecular flexibility index (Phi) is 3.68. The van der Waals surface area contributed by atoms with Gasteiger partial charge in [-0.25, -0.2) is 4.68 Å². The topological polar surface area (TPSA) is 99.2 Å². The van der Waals surface area contributed by atoms with Crippen LogP contribution in [0.4, 0.5) is 0 Å². The molecule has 2 aliphatic rings. The quantitative estimate of drug-likeness (QED) is 0.874. The number of aromatic nitrogens is 3. The lowest BCUT2D eigenvalue weighted by Crippen LogP contribution is -2.44. The van der Waals surface area contributed by atoms with E-state index in [0.717, 1.165) is 30.5 Å². The maximum atomic E-state index is 12.4. The Balaban J connectivity index is 1.57. The van der Waals surface area contributed by atoms with Gasteiger partial charge in [0, 0.05) is 12.1 Å². The molecule has 1 aliphatic heterocycles. The van der Waals surface area contributed by atoms with Gasteiger partial charge in [-0.15, -0.1) is 0 Å². The highest BCUT2D eigenvalue weighted by Gasteiger charge is 2.34. The first-order valence-corrected chi connectivity index (χ1v) is 8.05. The Bertz CT molecular complexity index is 841. The number of ether oxygens (including phenoxy) is 1. The number of carbonyl (C=O) groups is 1. The lowest BCUT2D eigenvalue weighted by molar-refractivity contribution is 0.0915. The van der Waals surface area contributed by atoms with Crippen molar-refractivity contribution in [1.29, 1.82) is 0 Å². The summed E-state index contributed by atoms with van der Waals surface area (Å²) < 4.78 is 11.9. The zero-order valence-electron chi connectivity index (χ0n) is 13.3. The monoisotopic (exact) mass is 330 g/mol. The summed E-state index contributed by atoms with van der Waals surface area (Å²) in [6, 6.07) is 2.58. The van der Waals surface area contributed by atoms with Crippen LogP contribution < -0.4 is 10.9 Å². The fourth-order valence-corrected chi connectivity index (χ4v) is 3.29. The van der Waals surface area contributed by atoms with E-state index >= 15 is 0 Å². The van der Waals surface area contributed by atoms with Gasteiger partial charge < -0.3 is 14.6 Å². The Hall–Kier alpha value is -2.48. The molecule has 4 rings (SSSR count). The molecule has 0 spiro atoms. The Morgan fingerprint density at radius 3 is 3.00 bits per heavy atom. The van der Waals surface area contributed by atoms with Gasteiger partial charge in [-0.2, -0.15) is 5.10 Å². The number of nitrogens with zero attached hydrogens (tertiary/aromatic N) is 3. The first-order valence-electron chi connectivity index (χ1n) is 8.05. The number of fused-ring (bicyclic) bond motifs is 1. The third-order valence-electron chi connectivity index (χ3n) is 4.52. The molecule has 1 amide bonds. The highest BCUT2D eigenvalue weighted by molar-refractivity contribution is 5.92. The summed E-state index contributed by atoms with van der Waals surface area (Å²) in [5.41, 5.74) is 2.07. The van der Waals surface area contributed by atoms with Crippen molar-refractivity contribution in [2.24, 2.45) is 0 Å². The van der Waals surface area contributed by atoms with Gasteiger partial charge in [-0.1, -0.05) is 5.16 Å². The van der Waals surface area contributed by atoms with Crippen LogP contribution in [0, 0.1) is 6.92 Å². The first-order chi connectivity index (χ1) is 11.6. The number of carbonyl (C=O) groups excluding carboxylic acids is 1. The van der Waals surface area contributed by atoms with Crippen molar-refractivity contribution in [3.8, 4) is 0 Å². The van der Waals surface area contributed by atoms with Crippen LogP contribution in [0.1, 0.15) is 40.0 Å². The average molecular weight is 330 g/mol. The summed E-state index contributed by atoms with van der Waals surface area (Å²) in [7, 11) is 0. The summed E-state index contributed by atoms with van der Waals surface area (Å²) >= 11 is 0. The van der Waals surface area contributed by atoms with Gasteiger partial charge in [-0.05, 0) is 31.7 Å². The average Bonchev–Trinajstić information content (AvgIpc) is 3.27. The highest BCUT2D eigenvalue weighted by atomic mass is 16.5. The molecular formula is C16H18N4O4. The van der Waals surface area contributed by atoms with Crippen molar-refractivity contribution in [3.63, 3.8) is 0 Å². The van der Waals surface area contributed by atoms with Crippen LogP contribution in [-0.2, 0) is 17.6 Å². The van der Waals surface area contributed by atoms with Crippen molar-refractivity contribution in [3.05, 3.63) is 45.2 Å². The number of rotatable bonds is 3. The molecule has 2 unspecified atom stereocenters. The van der Waals surface area contributed by atoms with E-state index in [1.165, 1.54) is 4.68 Å². The van der Waals surface area contributed by atoms with E-state index in [2.05, 4.69) is 15.6 Å². The molecule has 3 heterocycles. The molecular weight excluding hydrogens is 312 g/mol. The molecule has 1 saturated heterocycles. The SMILES string of the molecule is Cc1cc(C(=O)NC2COCC2n2nc3c(cc2=O)CCC3)no1. The van der Waals surface area contributed by atoms with Gasteiger partial charge in [0.1, 0.15) is 11.8 Å². The molecule has 0 saturated carbocycles. The number of aryl methyl sites for hydroxylation is 3. The van der Waals surface area contributed by atoms with Crippen LogP contribution >= 0.6 is 0 Å². The maximum Gasteiger partial charge on any atom is 0.273 e. The largest absolute Gasteiger partial charge is 0.377 e. The Morgan fingerprint density at radius 2 is 2.21 bits per heavy atom. The fourth-order valence-electron chi connectivity index (χ4n) is 3.29. The van der Waals surface area contributed by atoms with Gasteiger partial charge in [0.05, 0.1) is 24.9 Å². The van der Waals surface area contributed by atoms with Gasteiger partial charge in [0.15, 0.2) is 5.69 Å². The summed E-state index contributed by atoms with van der Waals surface area (Å²) in [5, 5.41) is 11.1. The van der Waals surface area contributed by atoms with Crippen LogP contribution in [0.3, 0.4) is 0 Å². The molecule has 0 bridgehead atoms. The molecule has 2 aromatic rings. The zero-order valence-corrected chi connectivity index (χ0v) is 13.3. The van der Waals surface area contributed by atoms with Crippen LogP contribution in [0.2, 0.25) is 0 Å². The Labute approximate surface area is 137 Å². The summed E-state index contributed by atoms with van der Waals surface area (Å²) in [6.07, 6.45) is 2.82. The summed E-state index contributed by atoms with van der Waals surface area (Å²) in [6.45, 7) is 2.40. The zero-order chi connectivity index (χ0) is 16.7. The molecule has 24 heavy (non-hydrogen) atoms. The van der Waals surface area contributed by atoms with E-state index in [9.17, 15) is 9.59 Å². The van der Waals surface area contributed by atoms with Gasteiger partial charge in [-0.3, -0.25) is 9.59 Å². The normalized spacial score (nSPS) is 22.5. The molecule has 2 aromatic heterocycles. The molecule has 0 aromatic carbocycles. The van der Waals surface area contributed by atoms with Crippen molar-refractivity contribution >= 4 is 5.91 Å².